The minimum atomic E-state index is -0.623. The Morgan fingerprint density at radius 2 is 2.09 bits per heavy atom. The Bertz CT molecular complexity index is 950. The summed E-state index contributed by atoms with van der Waals surface area (Å²) in [6.45, 7) is 7.57. The summed E-state index contributed by atoms with van der Waals surface area (Å²) in [5, 5.41) is 2.33. The zero-order valence-corrected chi connectivity index (χ0v) is 19.1. The van der Waals surface area contributed by atoms with Gasteiger partial charge in [-0.25, -0.2) is 0 Å². The fraction of sp³-hybridized carbons (Fsp3) is 0.560. The van der Waals surface area contributed by atoms with Crippen LogP contribution in [0.2, 0.25) is 0 Å². The van der Waals surface area contributed by atoms with Gasteiger partial charge >= 0.3 is 0 Å². The highest BCUT2D eigenvalue weighted by molar-refractivity contribution is 6.05. The van der Waals surface area contributed by atoms with E-state index in [-0.39, 0.29) is 37.1 Å². The number of nitrogens with zero attached hydrogens (tertiary/aromatic N) is 2. The zero-order valence-electron chi connectivity index (χ0n) is 19.1. The van der Waals surface area contributed by atoms with Crippen LogP contribution in [0.1, 0.15) is 61.4 Å². The minimum Gasteiger partial charge on any atom is -0.489 e. The highest BCUT2D eigenvalue weighted by atomic mass is 19.1. The molecule has 2 heterocycles. The fourth-order valence-corrected chi connectivity index (χ4v) is 5.22. The van der Waals surface area contributed by atoms with Crippen molar-refractivity contribution in [1.29, 1.82) is 0 Å². The highest BCUT2D eigenvalue weighted by Crippen LogP contribution is 2.33. The maximum Gasteiger partial charge on any atom is 0.255 e. The van der Waals surface area contributed by atoms with Crippen LogP contribution in [0.4, 0.5) is 4.39 Å². The van der Waals surface area contributed by atoms with E-state index in [1.807, 2.05) is 12.1 Å². The third kappa shape index (κ3) is 4.95. The Labute approximate surface area is 193 Å². The normalized spacial score (nSPS) is 24.9. The van der Waals surface area contributed by atoms with E-state index >= 15 is 0 Å². The second kappa shape index (κ2) is 10.0. The van der Waals surface area contributed by atoms with Crippen LogP contribution in [0, 0.1) is 0 Å². The summed E-state index contributed by atoms with van der Waals surface area (Å²) in [7, 11) is 0. The van der Waals surface area contributed by atoms with Gasteiger partial charge in [0.1, 0.15) is 17.9 Å². The summed E-state index contributed by atoms with van der Waals surface area (Å²) in [4.78, 5) is 40.5. The van der Waals surface area contributed by atoms with Crippen molar-refractivity contribution < 1.29 is 23.5 Å². The van der Waals surface area contributed by atoms with Gasteiger partial charge in [0.15, 0.2) is 0 Å². The first-order valence-electron chi connectivity index (χ1n) is 11.8. The Kier molecular flexibility index (Phi) is 7.12. The fourth-order valence-electron chi connectivity index (χ4n) is 5.22. The van der Waals surface area contributed by atoms with Gasteiger partial charge in [-0.1, -0.05) is 19.1 Å². The van der Waals surface area contributed by atoms with Crippen LogP contribution >= 0.6 is 0 Å². The number of imide groups is 1. The zero-order chi connectivity index (χ0) is 23.5. The topological polar surface area (TPSA) is 79.0 Å². The molecule has 2 aliphatic heterocycles. The highest BCUT2D eigenvalue weighted by Gasteiger charge is 2.39. The van der Waals surface area contributed by atoms with E-state index in [0.717, 1.165) is 36.9 Å². The predicted octanol–water partition coefficient (Wildman–Crippen LogP) is 2.99. The molecule has 3 aliphatic rings. The molecule has 33 heavy (non-hydrogen) atoms. The Morgan fingerprint density at radius 3 is 2.82 bits per heavy atom. The molecule has 1 aromatic carbocycles. The second-order valence-corrected chi connectivity index (χ2v) is 9.13. The summed E-state index contributed by atoms with van der Waals surface area (Å²) in [6, 6.07) is 5.09. The lowest BCUT2D eigenvalue weighted by Crippen LogP contribution is -2.52. The van der Waals surface area contributed by atoms with E-state index in [4.69, 9.17) is 4.74 Å². The molecule has 178 valence electrons. The number of fused-ring (bicyclic) bond motifs is 1. The van der Waals surface area contributed by atoms with E-state index in [2.05, 4.69) is 23.7 Å². The molecule has 8 heteroatoms. The predicted molar refractivity (Wildman–Crippen MR) is 122 cm³/mol. The summed E-state index contributed by atoms with van der Waals surface area (Å²) < 4.78 is 19.1. The smallest absolute Gasteiger partial charge is 0.255 e. The number of hydrogen-bond donors (Lipinski definition) is 1. The number of rotatable bonds is 9. The average molecular weight is 458 g/mol. The van der Waals surface area contributed by atoms with Crippen molar-refractivity contribution in [1.82, 2.24) is 15.1 Å². The summed E-state index contributed by atoms with van der Waals surface area (Å²) in [5.41, 5.74) is 2.31. The number of piperidine rings is 1. The first-order chi connectivity index (χ1) is 15.9. The van der Waals surface area contributed by atoms with E-state index in [9.17, 15) is 18.8 Å². The van der Waals surface area contributed by atoms with Gasteiger partial charge in [-0.2, -0.15) is 0 Å². The Hall–Kier alpha value is -2.74. The summed E-state index contributed by atoms with van der Waals surface area (Å²) in [5.74, 6) is -0.182. The quantitative estimate of drug-likeness (QED) is 0.456. The molecule has 1 saturated carbocycles. The molecular weight excluding hydrogens is 425 g/mol. The van der Waals surface area contributed by atoms with Gasteiger partial charge < -0.3 is 9.64 Å². The number of hydrogen-bond acceptors (Lipinski definition) is 5. The number of halogens is 1. The summed E-state index contributed by atoms with van der Waals surface area (Å²) in [6.07, 6.45) is 4.01. The third-order valence-electron chi connectivity index (χ3n) is 6.95. The van der Waals surface area contributed by atoms with Crippen LogP contribution in [0.3, 0.4) is 0 Å². The number of benzene rings is 1. The maximum absolute atomic E-state index is 12.9. The van der Waals surface area contributed by atoms with Gasteiger partial charge in [0, 0.05) is 31.1 Å². The molecule has 0 aromatic heterocycles. The van der Waals surface area contributed by atoms with Crippen LogP contribution < -0.4 is 10.1 Å². The number of nitrogens with one attached hydrogen (secondary N) is 1. The second-order valence-electron chi connectivity index (χ2n) is 9.13. The standard InChI is InChI=1S/C25H32FN3O4/c1-3-28(14-16(2)11-12-26)20-5-4-6-22(20)33-18-7-8-19-17(13-18)15-29(25(19)32)21-9-10-23(30)27-24(21)31/h7-8,13,20-22H,2-6,9-12,14-15H2,1H3,(H,27,30,31)/t20-,21?,22-/m0/s1. The third-order valence-corrected chi connectivity index (χ3v) is 6.95. The van der Waals surface area contributed by atoms with Crippen LogP contribution in [-0.2, 0) is 16.1 Å². The lowest BCUT2D eigenvalue weighted by Gasteiger charge is -2.33. The number of ether oxygens (including phenoxy) is 1. The monoisotopic (exact) mass is 457 g/mol. The molecule has 1 saturated heterocycles. The van der Waals surface area contributed by atoms with Gasteiger partial charge in [0.25, 0.3) is 5.91 Å². The number of amides is 3. The molecule has 7 nitrogen and oxygen atoms in total. The summed E-state index contributed by atoms with van der Waals surface area (Å²) >= 11 is 0. The molecule has 0 bridgehead atoms. The molecule has 2 fully saturated rings. The van der Waals surface area contributed by atoms with Crippen molar-refractivity contribution in [2.24, 2.45) is 0 Å². The largest absolute Gasteiger partial charge is 0.489 e. The van der Waals surface area contributed by atoms with Gasteiger partial charge in [0.2, 0.25) is 11.8 Å². The molecule has 0 spiro atoms. The molecule has 1 N–H and O–H groups in total. The van der Waals surface area contributed by atoms with Crippen LogP contribution in [0.5, 0.6) is 5.75 Å². The van der Waals surface area contributed by atoms with E-state index in [0.29, 0.717) is 37.2 Å². The van der Waals surface area contributed by atoms with Crippen LogP contribution in [-0.4, -0.2) is 65.5 Å². The van der Waals surface area contributed by atoms with Crippen molar-refractivity contribution in [3.05, 3.63) is 41.5 Å². The number of alkyl halides is 1. The lowest BCUT2D eigenvalue weighted by atomic mass is 10.0. The van der Waals surface area contributed by atoms with Gasteiger partial charge in [-0.05, 0) is 62.4 Å². The molecule has 1 aliphatic carbocycles. The van der Waals surface area contributed by atoms with Crippen molar-refractivity contribution >= 4 is 17.7 Å². The molecular formula is C25H32FN3O4. The minimum absolute atomic E-state index is 0.0181. The molecule has 1 unspecified atom stereocenters. The van der Waals surface area contributed by atoms with E-state index < -0.39 is 11.9 Å². The molecule has 1 aromatic rings. The molecule has 3 atom stereocenters. The van der Waals surface area contributed by atoms with Gasteiger partial charge in [-0.15, -0.1) is 0 Å². The van der Waals surface area contributed by atoms with Crippen molar-refractivity contribution in [2.45, 2.75) is 70.2 Å². The number of carbonyl (C=O) groups is 3. The Balaban J connectivity index is 1.44. The molecule has 0 radical (unpaired) electrons. The average Bonchev–Trinajstić information content (AvgIpc) is 3.36. The number of likely N-dealkylation sites (N-methyl/N-ethyl adjacent to an activating group) is 1. The van der Waals surface area contributed by atoms with Crippen molar-refractivity contribution in [2.75, 3.05) is 19.8 Å². The SMILES string of the molecule is C=C(CCF)CN(CC)[C@H]1CCC[C@@H]1Oc1ccc2c(c1)CN(C1CCC(=O)NC1=O)C2=O. The van der Waals surface area contributed by atoms with Crippen LogP contribution in [0.15, 0.2) is 30.4 Å². The molecule has 4 rings (SSSR count). The maximum atomic E-state index is 12.9. The van der Waals surface area contributed by atoms with Crippen molar-refractivity contribution in [3.8, 4) is 5.75 Å². The lowest BCUT2D eigenvalue weighted by molar-refractivity contribution is -0.136. The first-order valence-corrected chi connectivity index (χ1v) is 11.8. The van der Waals surface area contributed by atoms with E-state index in [1.54, 1.807) is 11.0 Å². The van der Waals surface area contributed by atoms with E-state index in [1.165, 1.54) is 0 Å². The van der Waals surface area contributed by atoms with Gasteiger partial charge in [0.05, 0.1) is 6.67 Å². The number of carbonyl (C=O) groups excluding carboxylic acids is 3. The Morgan fingerprint density at radius 1 is 1.27 bits per heavy atom. The molecule has 3 amide bonds. The van der Waals surface area contributed by atoms with Crippen LogP contribution in [0.25, 0.3) is 0 Å². The van der Waals surface area contributed by atoms with Gasteiger partial charge in [-0.3, -0.25) is 29.0 Å². The van der Waals surface area contributed by atoms with Crippen molar-refractivity contribution in [3.63, 3.8) is 0 Å². The first kappa shape index (κ1) is 23.4.